The minimum atomic E-state index is -0.458. The number of imide groups is 1. The fourth-order valence-corrected chi connectivity index (χ4v) is 2.69. The molecule has 1 aliphatic rings. The number of carbonyl (C=O) groups excluding carboxylic acids is 3. The lowest BCUT2D eigenvalue weighted by Crippen LogP contribution is -2.32. The number of benzene rings is 2. The van der Waals surface area contributed by atoms with Crippen LogP contribution in [0.25, 0.3) is 0 Å². The molecule has 0 fully saturated rings. The maximum absolute atomic E-state index is 12.6. The molecule has 0 unspecified atom stereocenters. The zero-order valence-corrected chi connectivity index (χ0v) is 13.3. The molecule has 0 spiro atoms. The van der Waals surface area contributed by atoms with Crippen LogP contribution in [0.5, 0.6) is 0 Å². The smallest absolute Gasteiger partial charge is 0.266 e. The van der Waals surface area contributed by atoms with Crippen molar-refractivity contribution in [2.75, 3.05) is 19.0 Å². The molecule has 1 heterocycles. The van der Waals surface area contributed by atoms with Gasteiger partial charge in [0.05, 0.1) is 22.4 Å². The van der Waals surface area contributed by atoms with Gasteiger partial charge in [0.25, 0.3) is 17.7 Å². The summed E-state index contributed by atoms with van der Waals surface area (Å²) in [5, 5.41) is 0.340. The Labute approximate surface area is 138 Å². The Bertz CT molecular complexity index is 810. The predicted octanol–water partition coefficient (Wildman–Crippen LogP) is 2.84. The maximum Gasteiger partial charge on any atom is 0.266 e. The molecule has 3 amide bonds. The number of fused-ring (bicyclic) bond motifs is 1. The summed E-state index contributed by atoms with van der Waals surface area (Å²) in [4.78, 5) is 39.9. The van der Waals surface area contributed by atoms with Gasteiger partial charge in [-0.15, -0.1) is 0 Å². The van der Waals surface area contributed by atoms with Gasteiger partial charge in [0.1, 0.15) is 0 Å². The van der Waals surface area contributed by atoms with Crippen LogP contribution < -0.4 is 4.90 Å². The van der Waals surface area contributed by atoms with Crippen molar-refractivity contribution in [3.63, 3.8) is 0 Å². The summed E-state index contributed by atoms with van der Waals surface area (Å²) in [7, 11) is 3.20. The molecule has 6 heteroatoms. The van der Waals surface area contributed by atoms with Crippen molar-refractivity contribution in [3.8, 4) is 0 Å². The number of hydrogen-bond acceptors (Lipinski definition) is 3. The fourth-order valence-electron chi connectivity index (χ4n) is 2.52. The van der Waals surface area contributed by atoms with E-state index in [-0.39, 0.29) is 17.2 Å². The average Bonchev–Trinajstić information content (AvgIpc) is 2.78. The fraction of sp³-hybridized carbons (Fsp3) is 0.118. The highest BCUT2D eigenvalue weighted by Crippen LogP contribution is 2.33. The zero-order valence-electron chi connectivity index (χ0n) is 12.5. The van der Waals surface area contributed by atoms with Crippen LogP contribution in [0.15, 0.2) is 42.5 Å². The van der Waals surface area contributed by atoms with E-state index in [2.05, 4.69) is 0 Å². The maximum atomic E-state index is 12.6. The monoisotopic (exact) mass is 328 g/mol. The van der Waals surface area contributed by atoms with Crippen molar-refractivity contribution in [1.29, 1.82) is 0 Å². The molecule has 2 aromatic rings. The SMILES string of the molecule is CN(C)C(=O)c1ccc(Cl)cc1N1C(=O)c2ccccc2C1=O. The van der Waals surface area contributed by atoms with Crippen molar-refractivity contribution >= 4 is 35.0 Å². The molecule has 0 radical (unpaired) electrons. The highest BCUT2D eigenvalue weighted by molar-refractivity contribution is 6.36. The number of nitrogens with zero attached hydrogens (tertiary/aromatic N) is 2. The number of amides is 3. The second-order valence-corrected chi connectivity index (χ2v) is 5.79. The van der Waals surface area contributed by atoms with Gasteiger partial charge in [-0.3, -0.25) is 14.4 Å². The van der Waals surface area contributed by atoms with Gasteiger partial charge >= 0.3 is 0 Å². The Morgan fingerprint density at radius 2 is 1.57 bits per heavy atom. The largest absolute Gasteiger partial charge is 0.345 e. The molecule has 0 atom stereocenters. The first kappa shape index (κ1) is 15.2. The van der Waals surface area contributed by atoms with Gasteiger partial charge in [-0.05, 0) is 30.3 Å². The van der Waals surface area contributed by atoms with Crippen LogP contribution in [-0.2, 0) is 0 Å². The molecule has 0 aromatic heterocycles. The molecule has 2 aromatic carbocycles. The highest BCUT2D eigenvalue weighted by Gasteiger charge is 2.38. The molecule has 3 rings (SSSR count). The van der Waals surface area contributed by atoms with Crippen LogP contribution in [-0.4, -0.2) is 36.7 Å². The van der Waals surface area contributed by atoms with Crippen molar-refractivity contribution in [3.05, 3.63) is 64.2 Å². The molecule has 5 nitrogen and oxygen atoms in total. The first-order valence-corrected chi connectivity index (χ1v) is 7.28. The van der Waals surface area contributed by atoms with E-state index in [0.717, 1.165) is 4.90 Å². The Balaban J connectivity index is 2.17. The molecule has 0 aliphatic carbocycles. The van der Waals surface area contributed by atoms with Crippen LogP contribution in [0, 0.1) is 0 Å². The number of rotatable bonds is 2. The van der Waals surface area contributed by atoms with Gasteiger partial charge in [-0.1, -0.05) is 23.7 Å². The van der Waals surface area contributed by atoms with Gasteiger partial charge in [0.2, 0.25) is 0 Å². The predicted molar refractivity (Wildman–Crippen MR) is 87.1 cm³/mol. The van der Waals surface area contributed by atoms with E-state index in [1.54, 1.807) is 44.4 Å². The quantitative estimate of drug-likeness (QED) is 0.796. The summed E-state index contributed by atoms with van der Waals surface area (Å²) in [6.07, 6.45) is 0. The number of halogens is 1. The van der Waals surface area contributed by atoms with E-state index < -0.39 is 11.8 Å². The Morgan fingerprint density at radius 1 is 1.00 bits per heavy atom. The van der Waals surface area contributed by atoms with Crippen molar-refractivity contribution in [1.82, 2.24) is 4.90 Å². The zero-order chi connectivity index (χ0) is 16.7. The summed E-state index contributed by atoms with van der Waals surface area (Å²) in [6, 6.07) is 11.1. The van der Waals surface area contributed by atoms with Gasteiger partial charge in [0, 0.05) is 19.1 Å². The van der Waals surface area contributed by atoms with E-state index in [4.69, 9.17) is 11.6 Å². The number of anilines is 1. The average molecular weight is 329 g/mol. The lowest BCUT2D eigenvalue weighted by Gasteiger charge is -2.20. The van der Waals surface area contributed by atoms with Crippen molar-refractivity contribution in [2.45, 2.75) is 0 Å². The van der Waals surface area contributed by atoms with Gasteiger partial charge in [0.15, 0.2) is 0 Å². The molecule has 0 saturated heterocycles. The molecule has 0 saturated carbocycles. The standard InChI is InChI=1S/C17H13ClN2O3/c1-19(2)15(21)13-8-7-10(18)9-14(13)20-16(22)11-5-3-4-6-12(11)17(20)23/h3-9H,1-2H3. The third kappa shape index (κ3) is 2.39. The third-order valence-corrected chi connectivity index (χ3v) is 3.87. The van der Waals surface area contributed by atoms with E-state index in [1.165, 1.54) is 17.0 Å². The summed E-state index contributed by atoms with van der Waals surface area (Å²) >= 11 is 6.01. The topological polar surface area (TPSA) is 57.7 Å². The van der Waals surface area contributed by atoms with Crippen LogP contribution in [0.4, 0.5) is 5.69 Å². The molecular weight excluding hydrogens is 316 g/mol. The highest BCUT2D eigenvalue weighted by atomic mass is 35.5. The van der Waals surface area contributed by atoms with Gasteiger partial charge in [-0.2, -0.15) is 0 Å². The minimum Gasteiger partial charge on any atom is -0.345 e. The summed E-state index contributed by atoms with van der Waals surface area (Å²) in [5.74, 6) is -1.23. The Kier molecular flexibility index (Phi) is 3.66. The van der Waals surface area contributed by atoms with Crippen LogP contribution in [0.2, 0.25) is 5.02 Å². The molecular formula is C17H13ClN2O3. The Morgan fingerprint density at radius 3 is 2.09 bits per heavy atom. The Hall–Kier alpha value is -2.66. The second-order valence-electron chi connectivity index (χ2n) is 5.35. The van der Waals surface area contributed by atoms with E-state index in [9.17, 15) is 14.4 Å². The summed E-state index contributed by atoms with van der Waals surface area (Å²) < 4.78 is 0. The molecule has 1 aliphatic heterocycles. The summed E-state index contributed by atoms with van der Waals surface area (Å²) in [5.41, 5.74) is 1.08. The van der Waals surface area contributed by atoms with Crippen LogP contribution in [0.3, 0.4) is 0 Å². The second kappa shape index (κ2) is 5.52. The van der Waals surface area contributed by atoms with E-state index in [0.29, 0.717) is 16.1 Å². The normalized spacial score (nSPS) is 13.3. The van der Waals surface area contributed by atoms with E-state index >= 15 is 0 Å². The lowest BCUT2D eigenvalue weighted by atomic mass is 10.1. The molecule has 23 heavy (non-hydrogen) atoms. The van der Waals surface area contributed by atoms with Crippen molar-refractivity contribution in [2.24, 2.45) is 0 Å². The van der Waals surface area contributed by atoms with Crippen LogP contribution in [0.1, 0.15) is 31.1 Å². The first-order chi connectivity index (χ1) is 10.9. The first-order valence-electron chi connectivity index (χ1n) is 6.91. The van der Waals surface area contributed by atoms with Gasteiger partial charge in [-0.25, -0.2) is 4.90 Å². The molecule has 0 N–H and O–H groups in total. The molecule has 0 bridgehead atoms. The summed E-state index contributed by atoms with van der Waals surface area (Å²) in [6.45, 7) is 0. The lowest BCUT2D eigenvalue weighted by molar-refractivity contribution is 0.0828. The molecule has 116 valence electrons. The minimum absolute atomic E-state index is 0.197. The van der Waals surface area contributed by atoms with E-state index in [1.807, 2.05) is 0 Å². The van der Waals surface area contributed by atoms with Gasteiger partial charge < -0.3 is 4.90 Å². The number of hydrogen-bond donors (Lipinski definition) is 0. The van der Waals surface area contributed by atoms with Crippen molar-refractivity contribution < 1.29 is 14.4 Å². The third-order valence-electron chi connectivity index (χ3n) is 3.63. The van der Waals surface area contributed by atoms with Crippen LogP contribution >= 0.6 is 11.6 Å². The number of carbonyl (C=O) groups is 3.